The van der Waals surface area contributed by atoms with Crippen LogP contribution in [-0.4, -0.2) is 25.1 Å². The molecule has 0 amide bonds. The molecular formula is C14H15NO4. The molecule has 0 aromatic heterocycles. The second-order valence-electron chi connectivity index (χ2n) is 4.94. The van der Waals surface area contributed by atoms with Crippen LogP contribution in [-0.2, 0) is 4.74 Å². The standard InChI is InChI=1S/C14H15NO4/c15-7-14(4-1-5-17-8-14)13(16)10-2-3-11-12(6-10)19-9-18-11/h2-3,6,13,16H,1,4-5,8-9H2. The molecule has 2 unspecified atom stereocenters. The summed E-state index contributed by atoms with van der Waals surface area (Å²) in [5, 5.41) is 19.9. The van der Waals surface area contributed by atoms with Gasteiger partial charge in [0, 0.05) is 6.61 Å². The maximum atomic E-state index is 10.5. The summed E-state index contributed by atoms with van der Waals surface area (Å²) in [6.07, 6.45) is 0.543. The molecule has 1 aromatic carbocycles. The molecule has 2 aliphatic rings. The summed E-state index contributed by atoms with van der Waals surface area (Å²) in [5.41, 5.74) is -0.206. The topological polar surface area (TPSA) is 71.7 Å². The van der Waals surface area contributed by atoms with Crippen LogP contribution >= 0.6 is 0 Å². The molecule has 19 heavy (non-hydrogen) atoms. The van der Waals surface area contributed by atoms with Crippen LogP contribution in [0.3, 0.4) is 0 Å². The summed E-state index contributed by atoms with van der Waals surface area (Å²) in [7, 11) is 0. The van der Waals surface area contributed by atoms with Gasteiger partial charge in [-0.05, 0) is 30.5 Å². The second-order valence-corrected chi connectivity index (χ2v) is 4.94. The number of hydrogen-bond acceptors (Lipinski definition) is 5. The maximum absolute atomic E-state index is 10.5. The Hall–Kier alpha value is -1.77. The fourth-order valence-corrected chi connectivity index (χ4v) is 2.58. The van der Waals surface area contributed by atoms with Crippen LogP contribution in [0, 0.1) is 16.7 Å². The molecule has 0 spiro atoms. The second kappa shape index (κ2) is 4.72. The van der Waals surface area contributed by atoms with Gasteiger partial charge in [-0.1, -0.05) is 6.07 Å². The van der Waals surface area contributed by atoms with Gasteiger partial charge in [-0.25, -0.2) is 0 Å². The molecule has 2 atom stereocenters. The lowest BCUT2D eigenvalue weighted by atomic mass is 9.76. The molecule has 100 valence electrons. The van der Waals surface area contributed by atoms with Gasteiger partial charge in [0.15, 0.2) is 11.5 Å². The van der Waals surface area contributed by atoms with Crippen LogP contribution < -0.4 is 9.47 Å². The number of ether oxygens (including phenoxy) is 3. The fraction of sp³-hybridized carbons (Fsp3) is 0.500. The molecular weight excluding hydrogens is 246 g/mol. The molecule has 1 N–H and O–H groups in total. The summed E-state index contributed by atoms with van der Waals surface area (Å²) < 4.78 is 15.9. The van der Waals surface area contributed by atoms with E-state index in [-0.39, 0.29) is 13.4 Å². The molecule has 0 radical (unpaired) electrons. The molecule has 3 rings (SSSR count). The minimum Gasteiger partial charge on any atom is -0.454 e. The number of fused-ring (bicyclic) bond motifs is 1. The normalized spacial score (nSPS) is 26.7. The van der Waals surface area contributed by atoms with Crippen molar-refractivity contribution >= 4 is 0 Å². The number of aliphatic hydroxyl groups excluding tert-OH is 1. The zero-order valence-electron chi connectivity index (χ0n) is 10.5. The number of nitrogens with zero attached hydrogens (tertiary/aromatic N) is 1. The number of benzene rings is 1. The van der Waals surface area contributed by atoms with Crippen LogP contribution in [0.25, 0.3) is 0 Å². The van der Waals surface area contributed by atoms with E-state index in [1.54, 1.807) is 18.2 Å². The lowest BCUT2D eigenvalue weighted by molar-refractivity contribution is -0.0506. The zero-order valence-corrected chi connectivity index (χ0v) is 10.5. The molecule has 1 aromatic rings. The van der Waals surface area contributed by atoms with E-state index in [1.807, 2.05) is 0 Å². The third kappa shape index (κ3) is 2.03. The van der Waals surface area contributed by atoms with Gasteiger partial charge < -0.3 is 19.3 Å². The third-order valence-electron chi connectivity index (χ3n) is 3.73. The van der Waals surface area contributed by atoms with Crippen molar-refractivity contribution in [1.29, 1.82) is 5.26 Å². The summed E-state index contributed by atoms with van der Waals surface area (Å²) in [4.78, 5) is 0. The van der Waals surface area contributed by atoms with Crippen molar-refractivity contribution in [3.05, 3.63) is 23.8 Å². The Morgan fingerprint density at radius 1 is 1.32 bits per heavy atom. The van der Waals surface area contributed by atoms with E-state index in [0.717, 1.165) is 6.42 Å². The average molecular weight is 261 g/mol. The first-order chi connectivity index (χ1) is 9.25. The van der Waals surface area contributed by atoms with E-state index in [9.17, 15) is 10.4 Å². The smallest absolute Gasteiger partial charge is 0.231 e. The van der Waals surface area contributed by atoms with Gasteiger partial charge in [0.1, 0.15) is 5.41 Å². The third-order valence-corrected chi connectivity index (χ3v) is 3.73. The first-order valence-electron chi connectivity index (χ1n) is 6.32. The van der Waals surface area contributed by atoms with Crippen LogP contribution in [0.5, 0.6) is 11.5 Å². The number of rotatable bonds is 2. The first kappa shape index (κ1) is 12.3. The fourth-order valence-electron chi connectivity index (χ4n) is 2.58. The van der Waals surface area contributed by atoms with Crippen LogP contribution in [0.4, 0.5) is 0 Å². The summed E-state index contributed by atoms with van der Waals surface area (Å²) in [6, 6.07) is 7.50. The lowest BCUT2D eigenvalue weighted by Crippen LogP contribution is -2.36. The summed E-state index contributed by atoms with van der Waals surface area (Å²) >= 11 is 0. The average Bonchev–Trinajstić information content (AvgIpc) is 2.94. The Bertz CT molecular complexity index is 517. The van der Waals surface area contributed by atoms with Gasteiger partial charge in [0.05, 0.1) is 18.8 Å². The van der Waals surface area contributed by atoms with E-state index >= 15 is 0 Å². The molecule has 1 saturated heterocycles. The SMILES string of the molecule is N#CC1(C(O)c2ccc3c(c2)OCO3)CCCOC1. The van der Waals surface area contributed by atoms with Gasteiger partial charge in [0.25, 0.3) is 0 Å². The lowest BCUT2D eigenvalue weighted by Gasteiger charge is -2.34. The number of aliphatic hydroxyl groups is 1. The minimum absolute atomic E-state index is 0.196. The minimum atomic E-state index is -0.882. The highest BCUT2D eigenvalue weighted by Gasteiger charge is 2.41. The molecule has 0 aliphatic carbocycles. The van der Waals surface area contributed by atoms with Gasteiger partial charge in [-0.2, -0.15) is 5.26 Å². The largest absolute Gasteiger partial charge is 0.454 e. The highest BCUT2D eigenvalue weighted by Crippen LogP contribution is 2.43. The van der Waals surface area contributed by atoms with E-state index in [1.165, 1.54) is 0 Å². The molecule has 1 fully saturated rings. The van der Waals surface area contributed by atoms with Crippen molar-refractivity contribution in [3.63, 3.8) is 0 Å². The summed E-state index contributed by atoms with van der Waals surface area (Å²) in [5.74, 6) is 1.28. The van der Waals surface area contributed by atoms with Crippen molar-refractivity contribution in [1.82, 2.24) is 0 Å². The Kier molecular flexibility index (Phi) is 3.05. The van der Waals surface area contributed by atoms with Crippen molar-refractivity contribution in [2.75, 3.05) is 20.0 Å². The molecule has 5 heteroatoms. The quantitative estimate of drug-likeness (QED) is 0.878. The van der Waals surface area contributed by atoms with Crippen molar-refractivity contribution in [2.45, 2.75) is 18.9 Å². The Labute approximate surface area is 111 Å². The highest BCUT2D eigenvalue weighted by molar-refractivity contribution is 5.45. The highest BCUT2D eigenvalue weighted by atomic mass is 16.7. The first-order valence-corrected chi connectivity index (χ1v) is 6.32. The van der Waals surface area contributed by atoms with E-state index in [2.05, 4.69) is 6.07 Å². The van der Waals surface area contributed by atoms with Crippen molar-refractivity contribution in [3.8, 4) is 17.6 Å². The van der Waals surface area contributed by atoms with Crippen LogP contribution in [0.1, 0.15) is 24.5 Å². The molecule has 0 saturated carbocycles. The van der Waals surface area contributed by atoms with Crippen LogP contribution in [0.15, 0.2) is 18.2 Å². The van der Waals surface area contributed by atoms with Gasteiger partial charge in [-0.15, -0.1) is 0 Å². The van der Waals surface area contributed by atoms with E-state index in [4.69, 9.17) is 14.2 Å². The van der Waals surface area contributed by atoms with Crippen LogP contribution in [0.2, 0.25) is 0 Å². The van der Waals surface area contributed by atoms with Gasteiger partial charge in [-0.3, -0.25) is 0 Å². The molecule has 2 heterocycles. The Morgan fingerprint density at radius 3 is 2.89 bits per heavy atom. The number of hydrogen-bond donors (Lipinski definition) is 1. The molecule has 0 bridgehead atoms. The monoisotopic (exact) mass is 261 g/mol. The van der Waals surface area contributed by atoms with Crippen molar-refractivity contribution in [2.24, 2.45) is 5.41 Å². The van der Waals surface area contributed by atoms with E-state index in [0.29, 0.717) is 30.1 Å². The van der Waals surface area contributed by atoms with Crippen molar-refractivity contribution < 1.29 is 19.3 Å². The molecule has 5 nitrogen and oxygen atoms in total. The predicted molar refractivity (Wildman–Crippen MR) is 65.6 cm³/mol. The number of nitriles is 1. The summed E-state index contributed by atoms with van der Waals surface area (Å²) in [6.45, 7) is 1.11. The zero-order chi connectivity index (χ0) is 13.3. The van der Waals surface area contributed by atoms with Gasteiger partial charge in [0.2, 0.25) is 6.79 Å². The van der Waals surface area contributed by atoms with E-state index < -0.39 is 11.5 Å². The predicted octanol–water partition coefficient (Wildman–Crippen LogP) is 1.77. The Balaban J connectivity index is 1.90. The molecule has 2 aliphatic heterocycles. The Morgan fingerprint density at radius 2 is 2.16 bits per heavy atom. The maximum Gasteiger partial charge on any atom is 0.231 e. The van der Waals surface area contributed by atoms with Gasteiger partial charge >= 0.3 is 0 Å².